The highest BCUT2D eigenvalue weighted by atomic mass is 16.5. The topological polar surface area (TPSA) is 35.5 Å². The Morgan fingerprint density at radius 1 is 1.33 bits per heavy atom. The van der Waals surface area contributed by atoms with Gasteiger partial charge in [-0.3, -0.25) is 4.79 Å². The van der Waals surface area contributed by atoms with Crippen molar-refractivity contribution in [2.24, 2.45) is 0 Å². The SMILES string of the molecule is CO[C@@H](C)CC(=O)OCc1ccccc1. The van der Waals surface area contributed by atoms with Crippen molar-refractivity contribution >= 4 is 5.97 Å². The third kappa shape index (κ3) is 4.61. The summed E-state index contributed by atoms with van der Waals surface area (Å²) >= 11 is 0. The molecular weight excluding hydrogens is 192 g/mol. The number of benzene rings is 1. The average molecular weight is 208 g/mol. The number of rotatable bonds is 5. The van der Waals surface area contributed by atoms with Gasteiger partial charge in [0.1, 0.15) is 6.61 Å². The van der Waals surface area contributed by atoms with E-state index >= 15 is 0 Å². The highest BCUT2D eigenvalue weighted by Gasteiger charge is 2.08. The lowest BCUT2D eigenvalue weighted by molar-refractivity contribution is -0.147. The van der Waals surface area contributed by atoms with E-state index in [1.54, 1.807) is 7.11 Å². The third-order valence-electron chi connectivity index (χ3n) is 2.10. The number of methoxy groups -OCH3 is 1. The van der Waals surface area contributed by atoms with Gasteiger partial charge in [0.2, 0.25) is 0 Å². The molecule has 0 bridgehead atoms. The lowest BCUT2D eigenvalue weighted by Gasteiger charge is -2.09. The molecule has 0 radical (unpaired) electrons. The molecule has 0 aliphatic carbocycles. The quantitative estimate of drug-likeness (QED) is 0.695. The number of hydrogen-bond acceptors (Lipinski definition) is 3. The number of esters is 1. The van der Waals surface area contributed by atoms with Crippen molar-refractivity contribution in [2.75, 3.05) is 7.11 Å². The van der Waals surface area contributed by atoms with Crippen LogP contribution in [-0.4, -0.2) is 19.2 Å². The van der Waals surface area contributed by atoms with E-state index in [0.29, 0.717) is 13.0 Å². The maximum atomic E-state index is 11.3. The second-order valence-corrected chi connectivity index (χ2v) is 3.40. The Balaban J connectivity index is 2.29. The van der Waals surface area contributed by atoms with Crippen LogP contribution in [0.15, 0.2) is 30.3 Å². The summed E-state index contributed by atoms with van der Waals surface area (Å²) in [7, 11) is 1.58. The van der Waals surface area contributed by atoms with Crippen molar-refractivity contribution in [3.8, 4) is 0 Å². The summed E-state index contributed by atoms with van der Waals surface area (Å²) in [5, 5.41) is 0. The zero-order valence-electron chi connectivity index (χ0n) is 9.10. The number of carbonyl (C=O) groups is 1. The van der Waals surface area contributed by atoms with Crippen molar-refractivity contribution in [1.82, 2.24) is 0 Å². The third-order valence-corrected chi connectivity index (χ3v) is 2.10. The second-order valence-electron chi connectivity index (χ2n) is 3.40. The van der Waals surface area contributed by atoms with Gasteiger partial charge in [-0.25, -0.2) is 0 Å². The van der Waals surface area contributed by atoms with Gasteiger partial charge in [-0.1, -0.05) is 30.3 Å². The largest absolute Gasteiger partial charge is 0.461 e. The van der Waals surface area contributed by atoms with Crippen LogP contribution in [0.3, 0.4) is 0 Å². The van der Waals surface area contributed by atoms with Gasteiger partial charge >= 0.3 is 5.97 Å². The summed E-state index contributed by atoms with van der Waals surface area (Å²) in [4.78, 5) is 11.3. The van der Waals surface area contributed by atoms with Gasteiger partial charge in [-0.05, 0) is 12.5 Å². The van der Waals surface area contributed by atoms with Gasteiger partial charge < -0.3 is 9.47 Å². The van der Waals surface area contributed by atoms with Crippen LogP contribution < -0.4 is 0 Å². The minimum Gasteiger partial charge on any atom is -0.461 e. The molecule has 0 heterocycles. The molecule has 0 N–H and O–H groups in total. The molecule has 82 valence electrons. The first-order chi connectivity index (χ1) is 7.22. The first-order valence-electron chi connectivity index (χ1n) is 4.94. The van der Waals surface area contributed by atoms with Crippen LogP contribution in [0.4, 0.5) is 0 Å². The van der Waals surface area contributed by atoms with Crippen molar-refractivity contribution in [3.05, 3.63) is 35.9 Å². The van der Waals surface area contributed by atoms with E-state index in [9.17, 15) is 4.79 Å². The smallest absolute Gasteiger partial charge is 0.308 e. The van der Waals surface area contributed by atoms with Gasteiger partial charge in [-0.15, -0.1) is 0 Å². The molecule has 0 unspecified atom stereocenters. The lowest BCUT2D eigenvalue weighted by Crippen LogP contribution is -2.14. The minimum atomic E-state index is -0.229. The highest BCUT2D eigenvalue weighted by molar-refractivity contribution is 5.69. The van der Waals surface area contributed by atoms with Gasteiger partial charge in [0.15, 0.2) is 0 Å². The Hall–Kier alpha value is -1.35. The molecule has 0 aliphatic heterocycles. The summed E-state index contributed by atoms with van der Waals surface area (Å²) in [6.45, 7) is 2.17. The van der Waals surface area contributed by atoms with Crippen LogP contribution in [0, 0.1) is 0 Å². The second kappa shape index (κ2) is 6.19. The van der Waals surface area contributed by atoms with Crippen LogP contribution in [-0.2, 0) is 20.9 Å². The molecule has 15 heavy (non-hydrogen) atoms. The Bertz CT molecular complexity index is 295. The highest BCUT2D eigenvalue weighted by Crippen LogP contribution is 2.03. The zero-order chi connectivity index (χ0) is 11.1. The summed E-state index contributed by atoms with van der Waals surface area (Å²) in [5.74, 6) is -0.229. The van der Waals surface area contributed by atoms with Crippen molar-refractivity contribution < 1.29 is 14.3 Å². The van der Waals surface area contributed by atoms with Crippen molar-refractivity contribution in [2.45, 2.75) is 26.1 Å². The molecule has 0 fully saturated rings. The molecule has 3 nitrogen and oxygen atoms in total. The summed E-state index contributed by atoms with van der Waals surface area (Å²) in [6.07, 6.45) is 0.205. The van der Waals surface area contributed by atoms with E-state index in [-0.39, 0.29) is 12.1 Å². The standard InChI is InChI=1S/C12H16O3/c1-10(14-2)8-12(13)15-9-11-6-4-3-5-7-11/h3-7,10H,8-9H2,1-2H3/t10-/m0/s1. The summed E-state index contributed by atoms with van der Waals surface area (Å²) < 4.78 is 10.1. The average Bonchev–Trinajstić information content (AvgIpc) is 2.27. The van der Waals surface area contributed by atoms with E-state index in [1.807, 2.05) is 37.3 Å². The van der Waals surface area contributed by atoms with Crippen LogP contribution in [0.1, 0.15) is 18.9 Å². The molecule has 1 atom stereocenters. The predicted molar refractivity (Wildman–Crippen MR) is 57.3 cm³/mol. The fourth-order valence-electron chi connectivity index (χ4n) is 1.12. The van der Waals surface area contributed by atoms with Crippen LogP contribution in [0.25, 0.3) is 0 Å². The number of carbonyl (C=O) groups excluding carboxylic acids is 1. The van der Waals surface area contributed by atoms with E-state index in [4.69, 9.17) is 9.47 Å². The van der Waals surface area contributed by atoms with E-state index < -0.39 is 0 Å². The van der Waals surface area contributed by atoms with Crippen molar-refractivity contribution in [3.63, 3.8) is 0 Å². The molecule has 3 heteroatoms. The maximum absolute atomic E-state index is 11.3. The van der Waals surface area contributed by atoms with Crippen LogP contribution >= 0.6 is 0 Å². The molecule has 0 aliphatic rings. The van der Waals surface area contributed by atoms with E-state index in [1.165, 1.54) is 0 Å². The molecule has 1 aromatic rings. The summed E-state index contributed by atoms with van der Waals surface area (Å²) in [6, 6.07) is 9.61. The van der Waals surface area contributed by atoms with Crippen molar-refractivity contribution in [1.29, 1.82) is 0 Å². The Morgan fingerprint density at radius 3 is 2.60 bits per heavy atom. The Morgan fingerprint density at radius 2 is 2.00 bits per heavy atom. The molecule has 0 spiro atoms. The fraction of sp³-hybridized carbons (Fsp3) is 0.417. The van der Waals surface area contributed by atoms with E-state index in [2.05, 4.69) is 0 Å². The Labute approximate surface area is 90.0 Å². The monoisotopic (exact) mass is 208 g/mol. The number of hydrogen-bond donors (Lipinski definition) is 0. The van der Waals surface area contributed by atoms with Gasteiger partial charge in [0.05, 0.1) is 12.5 Å². The molecule has 1 aromatic carbocycles. The summed E-state index contributed by atoms with van der Waals surface area (Å²) in [5.41, 5.74) is 0.996. The van der Waals surface area contributed by atoms with Gasteiger partial charge in [-0.2, -0.15) is 0 Å². The molecule has 1 rings (SSSR count). The fourth-order valence-corrected chi connectivity index (χ4v) is 1.12. The maximum Gasteiger partial charge on any atom is 0.308 e. The van der Waals surface area contributed by atoms with Crippen LogP contribution in [0.5, 0.6) is 0 Å². The first-order valence-corrected chi connectivity index (χ1v) is 4.94. The lowest BCUT2D eigenvalue weighted by atomic mass is 10.2. The normalized spacial score (nSPS) is 12.1. The Kier molecular flexibility index (Phi) is 4.84. The molecule has 0 aromatic heterocycles. The number of ether oxygens (including phenoxy) is 2. The molecule has 0 saturated carbocycles. The zero-order valence-corrected chi connectivity index (χ0v) is 9.10. The van der Waals surface area contributed by atoms with E-state index in [0.717, 1.165) is 5.56 Å². The molecular formula is C12H16O3. The van der Waals surface area contributed by atoms with Crippen LogP contribution in [0.2, 0.25) is 0 Å². The molecule has 0 saturated heterocycles. The van der Waals surface area contributed by atoms with Gasteiger partial charge in [0.25, 0.3) is 0 Å². The predicted octanol–water partition coefficient (Wildman–Crippen LogP) is 2.15. The molecule has 0 amide bonds. The first kappa shape index (κ1) is 11.7. The van der Waals surface area contributed by atoms with Gasteiger partial charge in [0, 0.05) is 7.11 Å². The minimum absolute atomic E-state index is 0.0896.